The first kappa shape index (κ1) is 20.0. The molecule has 2 heterocycles. The second kappa shape index (κ2) is 8.09. The SMILES string of the molecule is CC(OC(=O)CN1C(=O)C2CCCCC2C1=O)C(=O)Nc1sccc1C(N)=O. The minimum absolute atomic E-state index is 0.160. The first-order valence-corrected chi connectivity index (χ1v) is 9.90. The van der Waals surface area contributed by atoms with Crippen LogP contribution >= 0.6 is 11.3 Å². The van der Waals surface area contributed by atoms with E-state index in [2.05, 4.69) is 5.32 Å². The summed E-state index contributed by atoms with van der Waals surface area (Å²) in [4.78, 5) is 61.4. The number of nitrogens with zero attached hydrogens (tertiary/aromatic N) is 1. The number of fused-ring (bicyclic) bond motifs is 1. The maximum atomic E-state index is 12.4. The highest BCUT2D eigenvalue weighted by atomic mass is 32.1. The summed E-state index contributed by atoms with van der Waals surface area (Å²) in [5.74, 6) is -3.55. The summed E-state index contributed by atoms with van der Waals surface area (Å²) in [5.41, 5.74) is 5.38. The largest absolute Gasteiger partial charge is 0.451 e. The molecular weight excluding hydrogens is 386 g/mol. The molecule has 0 spiro atoms. The van der Waals surface area contributed by atoms with Crippen molar-refractivity contribution in [3.05, 3.63) is 17.0 Å². The molecule has 2 fully saturated rings. The monoisotopic (exact) mass is 407 g/mol. The molecule has 3 rings (SSSR count). The van der Waals surface area contributed by atoms with Crippen LogP contribution < -0.4 is 11.1 Å². The lowest BCUT2D eigenvalue weighted by Gasteiger charge is -2.19. The van der Waals surface area contributed by atoms with E-state index in [1.165, 1.54) is 13.0 Å². The van der Waals surface area contributed by atoms with Crippen LogP contribution in [0.1, 0.15) is 43.0 Å². The molecule has 10 heteroatoms. The molecule has 1 saturated heterocycles. The number of nitrogens with two attached hydrogens (primary N) is 1. The maximum absolute atomic E-state index is 12.4. The van der Waals surface area contributed by atoms with Gasteiger partial charge in [0.2, 0.25) is 11.8 Å². The third-order valence-corrected chi connectivity index (χ3v) is 5.89. The number of nitrogens with one attached hydrogen (secondary N) is 1. The molecule has 9 nitrogen and oxygen atoms in total. The number of primary amides is 1. The molecule has 4 amide bonds. The molecule has 1 aromatic heterocycles. The Morgan fingerprint density at radius 3 is 2.43 bits per heavy atom. The van der Waals surface area contributed by atoms with Crippen molar-refractivity contribution in [1.29, 1.82) is 0 Å². The standard InChI is InChI=1S/C18H21N3O6S/c1-9(15(24)20-16-12(14(19)23)6-7-28-16)27-13(22)8-21-17(25)10-4-2-3-5-11(10)18(21)26/h6-7,9-11H,2-5,8H2,1H3,(H2,19,23)(H,20,24). The van der Waals surface area contributed by atoms with Crippen LogP contribution in [0.15, 0.2) is 11.4 Å². The van der Waals surface area contributed by atoms with Crippen molar-refractivity contribution in [3.63, 3.8) is 0 Å². The van der Waals surface area contributed by atoms with E-state index in [-0.39, 0.29) is 34.2 Å². The van der Waals surface area contributed by atoms with E-state index in [1.54, 1.807) is 5.38 Å². The maximum Gasteiger partial charge on any atom is 0.326 e. The Morgan fingerprint density at radius 1 is 1.25 bits per heavy atom. The average molecular weight is 407 g/mol. The number of esters is 1. The van der Waals surface area contributed by atoms with Gasteiger partial charge in [-0.3, -0.25) is 28.9 Å². The van der Waals surface area contributed by atoms with E-state index in [0.29, 0.717) is 12.8 Å². The molecule has 0 bridgehead atoms. The molecule has 3 N–H and O–H groups in total. The van der Waals surface area contributed by atoms with Gasteiger partial charge in [-0.1, -0.05) is 12.8 Å². The lowest BCUT2D eigenvalue weighted by Crippen LogP contribution is -2.39. The second-order valence-electron chi connectivity index (χ2n) is 6.91. The zero-order valence-electron chi connectivity index (χ0n) is 15.3. The van der Waals surface area contributed by atoms with Crippen LogP contribution in [0.4, 0.5) is 5.00 Å². The first-order valence-electron chi connectivity index (χ1n) is 9.02. The van der Waals surface area contributed by atoms with Crippen molar-refractivity contribution in [3.8, 4) is 0 Å². The van der Waals surface area contributed by atoms with E-state index in [0.717, 1.165) is 29.1 Å². The van der Waals surface area contributed by atoms with Crippen LogP contribution in [0.25, 0.3) is 0 Å². The summed E-state index contributed by atoms with van der Waals surface area (Å²) in [6.45, 7) is 0.853. The van der Waals surface area contributed by atoms with Crippen LogP contribution in [0.3, 0.4) is 0 Å². The van der Waals surface area contributed by atoms with Crippen molar-refractivity contribution >= 4 is 45.9 Å². The number of carbonyl (C=O) groups excluding carboxylic acids is 5. The van der Waals surface area contributed by atoms with Gasteiger partial charge in [-0.25, -0.2) is 0 Å². The van der Waals surface area contributed by atoms with Gasteiger partial charge in [-0.15, -0.1) is 11.3 Å². The molecule has 0 aromatic carbocycles. The fourth-order valence-electron chi connectivity index (χ4n) is 3.62. The number of thiophene rings is 1. The molecule has 1 aromatic rings. The Morgan fingerprint density at radius 2 is 1.86 bits per heavy atom. The molecule has 1 saturated carbocycles. The van der Waals surface area contributed by atoms with Gasteiger partial charge < -0.3 is 15.8 Å². The zero-order chi connectivity index (χ0) is 20.4. The number of rotatable bonds is 6. The van der Waals surface area contributed by atoms with Gasteiger partial charge in [-0.05, 0) is 31.2 Å². The van der Waals surface area contributed by atoms with E-state index < -0.39 is 30.4 Å². The third-order valence-electron chi connectivity index (χ3n) is 5.06. The van der Waals surface area contributed by atoms with Gasteiger partial charge in [0, 0.05) is 0 Å². The number of imide groups is 1. The van der Waals surface area contributed by atoms with Crippen LogP contribution in [0.5, 0.6) is 0 Å². The number of amides is 4. The van der Waals surface area contributed by atoms with E-state index in [1.807, 2.05) is 0 Å². The molecule has 0 radical (unpaired) electrons. The molecule has 150 valence electrons. The first-order chi connectivity index (χ1) is 13.3. The summed E-state index contributed by atoms with van der Waals surface area (Å²) in [7, 11) is 0. The van der Waals surface area contributed by atoms with Gasteiger partial charge in [-0.2, -0.15) is 0 Å². The van der Waals surface area contributed by atoms with Crippen molar-refractivity contribution in [2.24, 2.45) is 17.6 Å². The summed E-state index contributed by atoms with van der Waals surface area (Å²) in [6, 6.07) is 1.48. The zero-order valence-corrected chi connectivity index (χ0v) is 16.1. The molecule has 2 aliphatic rings. The lowest BCUT2D eigenvalue weighted by molar-refractivity contribution is -0.158. The lowest BCUT2D eigenvalue weighted by atomic mass is 9.81. The highest BCUT2D eigenvalue weighted by Gasteiger charge is 2.48. The number of anilines is 1. The van der Waals surface area contributed by atoms with Gasteiger partial charge in [0.05, 0.1) is 17.4 Å². The van der Waals surface area contributed by atoms with Crippen molar-refractivity contribution in [1.82, 2.24) is 4.90 Å². The van der Waals surface area contributed by atoms with Crippen molar-refractivity contribution in [2.75, 3.05) is 11.9 Å². The van der Waals surface area contributed by atoms with E-state index in [4.69, 9.17) is 10.5 Å². The van der Waals surface area contributed by atoms with E-state index in [9.17, 15) is 24.0 Å². The van der Waals surface area contributed by atoms with Crippen molar-refractivity contribution in [2.45, 2.75) is 38.7 Å². The number of hydrogen-bond donors (Lipinski definition) is 2. The molecule has 1 aliphatic carbocycles. The van der Waals surface area contributed by atoms with Crippen LogP contribution in [0.2, 0.25) is 0 Å². The van der Waals surface area contributed by atoms with E-state index >= 15 is 0 Å². The Labute approximate surface area is 165 Å². The molecular formula is C18H21N3O6S. The number of likely N-dealkylation sites (tertiary alicyclic amines) is 1. The van der Waals surface area contributed by atoms with Gasteiger partial charge >= 0.3 is 5.97 Å². The molecule has 3 unspecified atom stereocenters. The average Bonchev–Trinajstić information content (AvgIpc) is 3.21. The number of carbonyl (C=O) groups is 5. The van der Waals surface area contributed by atoms with Crippen LogP contribution in [-0.2, 0) is 23.9 Å². The smallest absolute Gasteiger partial charge is 0.326 e. The van der Waals surface area contributed by atoms with Gasteiger partial charge in [0.1, 0.15) is 11.5 Å². The minimum Gasteiger partial charge on any atom is -0.451 e. The minimum atomic E-state index is -1.18. The highest BCUT2D eigenvalue weighted by Crippen LogP contribution is 2.37. The van der Waals surface area contributed by atoms with Gasteiger partial charge in [0.25, 0.3) is 11.8 Å². The summed E-state index contributed by atoms with van der Waals surface area (Å²) in [5, 5.41) is 4.34. The predicted octanol–water partition coefficient (Wildman–Crippen LogP) is 0.892. The summed E-state index contributed by atoms with van der Waals surface area (Å²) >= 11 is 1.11. The normalized spacial score (nSPS) is 22.5. The molecule has 1 aliphatic heterocycles. The summed E-state index contributed by atoms with van der Waals surface area (Å²) in [6.07, 6.45) is 1.92. The van der Waals surface area contributed by atoms with Crippen LogP contribution in [-0.4, -0.2) is 47.1 Å². The molecule has 28 heavy (non-hydrogen) atoms. The Hall–Kier alpha value is -2.75. The quantitative estimate of drug-likeness (QED) is 0.531. The van der Waals surface area contributed by atoms with Gasteiger partial charge in [0.15, 0.2) is 6.10 Å². The van der Waals surface area contributed by atoms with Crippen molar-refractivity contribution < 1.29 is 28.7 Å². The topological polar surface area (TPSA) is 136 Å². The van der Waals surface area contributed by atoms with Crippen LogP contribution in [0, 0.1) is 11.8 Å². The highest BCUT2D eigenvalue weighted by molar-refractivity contribution is 7.14. The fourth-order valence-corrected chi connectivity index (χ4v) is 4.41. The molecule has 3 atom stereocenters. The fraction of sp³-hybridized carbons (Fsp3) is 0.500. The predicted molar refractivity (Wildman–Crippen MR) is 99.2 cm³/mol. The Kier molecular flexibility index (Phi) is 5.78. The Bertz CT molecular complexity index is 811. The number of hydrogen-bond acceptors (Lipinski definition) is 7. The third kappa shape index (κ3) is 3.91. The number of ether oxygens (including phenoxy) is 1. The Balaban J connectivity index is 1.56. The second-order valence-corrected chi connectivity index (χ2v) is 7.83. The summed E-state index contributed by atoms with van der Waals surface area (Å²) < 4.78 is 5.06.